The molecule has 1 saturated heterocycles. The topological polar surface area (TPSA) is 83.5 Å². The van der Waals surface area contributed by atoms with E-state index in [4.69, 9.17) is 0 Å². The molecule has 0 atom stereocenters. The van der Waals surface area contributed by atoms with Gasteiger partial charge in [-0.05, 0) is 42.8 Å². The Balaban J connectivity index is 1.55. The van der Waals surface area contributed by atoms with Gasteiger partial charge < -0.3 is 4.90 Å². The van der Waals surface area contributed by atoms with Crippen molar-refractivity contribution in [2.75, 3.05) is 18.8 Å². The van der Waals surface area contributed by atoms with Gasteiger partial charge in [0.05, 0.1) is 18.0 Å². The first-order valence-electron chi connectivity index (χ1n) is 11.5. The SMILES string of the molecule is CCCCS(=O)(=O)N1CCC(N(Cc2ccccn2)C(=O)c2cc3ccccc3cn2)CC1. The zero-order valence-corrected chi connectivity index (χ0v) is 19.7. The maximum atomic E-state index is 13.6. The number of rotatable bonds is 8. The highest BCUT2D eigenvalue weighted by Crippen LogP contribution is 2.24. The van der Waals surface area contributed by atoms with Crippen molar-refractivity contribution in [1.29, 1.82) is 0 Å². The quantitative estimate of drug-likeness (QED) is 0.503. The van der Waals surface area contributed by atoms with E-state index in [-0.39, 0.29) is 17.7 Å². The lowest BCUT2D eigenvalue weighted by atomic mass is 10.0. The summed E-state index contributed by atoms with van der Waals surface area (Å²) in [6, 6.07) is 15.2. The molecule has 1 aliphatic rings. The summed E-state index contributed by atoms with van der Waals surface area (Å²) in [6.07, 6.45) is 6.15. The fraction of sp³-hybridized carbons (Fsp3) is 0.400. The molecule has 0 spiro atoms. The lowest BCUT2D eigenvalue weighted by Gasteiger charge is -2.38. The minimum absolute atomic E-state index is 0.0783. The number of aromatic nitrogens is 2. The molecular formula is C25H30N4O3S. The van der Waals surface area contributed by atoms with Crippen molar-refractivity contribution in [3.05, 3.63) is 72.3 Å². The molecule has 7 nitrogen and oxygen atoms in total. The molecule has 0 N–H and O–H groups in total. The van der Waals surface area contributed by atoms with Crippen LogP contribution >= 0.6 is 0 Å². The highest BCUT2D eigenvalue weighted by Gasteiger charge is 2.33. The maximum absolute atomic E-state index is 13.6. The maximum Gasteiger partial charge on any atom is 0.273 e. The molecule has 1 fully saturated rings. The van der Waals surface area contributed by atoms with E-state index in [1.807, 2.05) is 60.4 Å². The Labute approximate surface area is 195 Å². The molecule has 33 heavy (non-hydrogen) atoms. The predicted molar refractivity (Wildman–Crippen MR) is 129 cm³/mol. The molecule has 2 aromatic heterocycles. The fourth-order valence-corrected chi connectivity index (χ4v) is 5.95. The van der Waals surface area contributed by atoms with Gasteiger partial charge in [-0.25, -0.2) is 12.7 Å². The summed E-state index contributed by atoms with van der Waals surface area (Å²) in [4.78, 5) is 24.3. The fourth-order valence-electron chi connectivity index (χ4n) is 4.27. The summed E-state index contributed by atoms with van der Waals surface area (Å²) in [6.45, 7) is 3.20. The molecular weight excluding hydrogens is 436 g/mol. The van der Waals surface area contributed by atoms with E-state index in [2.05, 4.69) is 9.97 Å². The number of carbonyl (C=O) groups excluding carboxylic acids is 1. The Morgan fingerprint density at radius 3 is 2.48 bits per heavy atom. The minimum atomic E-state index is -3.25. The Morgan fingerprint density at radius 1 is 1.06 bits per heavy atom. The van der Waals surface area contributed by atoms with Crippen molar-refractivity contribution in [2.24, 2.45) is 0 Å². The molecule has 0 saturated carbocycles. The van der Waals surface area contributed by atoms with Crippen molar-refractivity contribution < 1.29 is 13.2 Å². The number of carbonyl (C=O) groups is 1. The largest absolute Gasteiger partial charge is 0.328 e. The summed E-state index contributed by atoms with van der Waals surface area (Å²) in [5.41, 5.74) is 1.19. The molecule has 3 heterocycles. The molecule has 1 aliphatic heterocycles. The molecule has 8 heteroatoms. The number of sulfonamides is 1. The third-order valence-corrected chi connectivity index (χ3v) is 8.14. The van der Waals surface area contributed by atoms with Crippen LogP contribution in [0.4, 0.5) is 0 Å². The molecule has 0 unspecified atom stereocenters. The van der Waals surface area contributed by atoms with Crippen LogP contribution in [0.25, 0.3) is 10.8 Å². The van der Waals surface area contributed by atoms with Crippen LogP contribution in [0.1, 0.15) is 48.8 Å². The van der Waals surface area contributed by atoms with Crippen molar-refractivity contribution >= 4 is 26.7 Å². The van der Waals surface area contributed by atoms with E-state index < -0.39 is 10.0 Å². The summed E-state index contributed by atoms with van der Waals surface area (Å²) >= 11 is 0. The summed E-state index contributed by atoms with van der Waals surface area (Å²) < 4.78 is 26.8. The number of fused-ring (bicyclic) bond motifs is 1. The van der Waals surface area contributed by atoms with Crippen molar-refractivity contribution in [3.8, 4) is 0 Å². The summed E-state index contributed by atoms with van der Waals surface area (Å²) in [7, 11) is -3.25. The highest BCUT2D eigenvalue weighted by atomic mass is 32.2. The zero-order chi connectivity index (χ0) is 23.3. The van der Waals surface area contributed by atoms with Crippen LogP contribution < -0.4 is 0 Å². The Bertz CT molecular complexity index is 1190. The van der Waals surface area contributed by atoms with Gasteiger partial charge >= 0.3 is 0 Å². The minimum Gasteiger partial charge on any atom is -0.328 e. The first-order valence-corrected chi connectivity index (χ1v) is 13.1. The average Bonchev–Trinajstić information content (AvgIpc) is 2.86. The summed E-state index contributed by atoms with van der Waals surface area (Å²) in [5, 5.41) is 1.95. The molecule has 1 amide bonds. The zero-order valence-electron chi connectivity index (χ0n) is 18.9. The van der Waals surface area contributed by atoms with Gasteiger partial charge in [0, 0.05) is 36.9 Å². The van der Waals surface area contributed by atoms with Crippen molar-refractivity contribution in [2.45, 2.75) is 45.2 Å². The second-order valence-corrected chi connectivity index (χ2v) is 10.6. The molecule has 0 bridgehead atoms. The molecule has 3 aromatic rings. The van der Waals surface area contributed by atoms with Crippen LogP contribution in [-0.2, 0) is 16.6 Å². The summed E-state index contributed by atoms with van der Waals surface area (Å²) in [5.74, 6) is 0.0323. The Morgan fingerprint density at radius 2 is 1.79 bits per heavy atom. The number of benzene rings is 1. The normalized spacial score (nSPS) is 15.5. The Hall–Kier alpha value is -2.84. The molecule has 0 radical (unpaired) electrons. The van der Waals surface area contributed by atoms with E-state index in [9.17, 15) is 13.2 Å². The molecule has 1 aromatic carbocycles. The first-order chi connectivity index (χ1) is 16.0. The van der Waals surface area contributed by atoms with Crippen LogP contribution in [0.2, 0.25) is 0 Å². The monoisotopic (exact) mass is 466 g/mol. The van der Waals surface area contributed by atoms with Crippen LogP contribution in [0.3, 0.4) is 0 Å². The van der Waals surface area contributed by atoms with Crippen LogP contribution in [0.15, 0.2) is 60.9 Å². The predicted octanol–water partition coefficient (Wildman–Crippen LogP) is 3.87. The van der Waals surface area contributed by atoms with E-state index in [1.54, 1.807) is 16.7 Å². The number of pyridine rings is 2. The smallest absolute Gasteiger partial charge is 0.273 e. The number of nitrogens with zero attached hydrogens (tertiary/aromatic N) is 4. The number of amides is 1. The molecule has 174 valence electrons. The average molecular weight is 467 g/mol. The second-order valence-electron chi connectivity index (χ2n) is 8.47. The van der Waals surface area contributed by atoms with E-state index in [0.29, 0.717) is 44.6 Å². The van der Waals surface area contributed by atoms with Gasteiger partial charge in [0.2, 0.25) is 10.0 Å². The number of hydrogen-bond donors (Lipinski definition) is 0. The van der Waals surface area contributed by atoms with Crippen LogP contribution in [-0.4, -0.2) is 58.4 Å². The second kappa shape index (κ2) is 10.4. The van der Waals surface area contributed by atoms with E-state index >= 15 is 0 Å². The van der Waals surface area contributed by atoms with Crippen LogP contribution in [0, 0.1) is 0 Å². The lowest BCUT2D eigenvalue weighted by Crippen LogP contribution is -2.49. The highest BCUT2D eigenvalue weighted by molar-refractivity contribution is 7.89. The van der Waals surface area contributed by atoms with Gasteiger partial charge in [0.15, 0.2) is 0 Å². The molecule has 0 aliphatic carbocycles. The van der Waals surface area contributed by atoms with E-state index in [1.165, 1.54) is 0 Å². The van der Waals surface area contributed by atoms with Gasteiger partial charge in [0.25, 0.3) is 5.91 Å². The van der Waals surface area contributed by atoms with Crippen molar-refractivity contribution in [3.63, 3.8) is 0 Å². The number of unbranched alkanes of at least 4 members (excludes halogenated alkanes) is 1. The third kappa shape index (κ3) is 5.57. The van der Waals surface area contributed by atoms with E-state index in [0.717, 1.165) is 22.9 Å². The lowest BCUT2D eigenvalue weighted by molar-refractivity contribution is 0.0587. The Kier molecular flexibility index (Phi) is 7.35. The number of hydrogen-bond acceptors (Lipinski definition) is 5. The van der Waals surface area contributed by atoms with Gasteiger partial charge in [-0.1, -0.05) is 43.7 Å². The molecule has 4 rings (SSSR count). The number of piperidine rings is 1. The first kappa shape index (κ1) is 23.3. The van der Waals surface area contributed by atoms with Gasteiger partial charge in [-0.3, -0.25) is 14.8 Å². The van der Waals surface area contributed by atoms with Gasteiger partial charge in [0.1, 0.15) is 5.69 Å². The van der Waals surface area contributed by atoms with Crippen molar-refractivity contribution in [1.82, 2.24) is 19.2 Å². The third-order valence-electron chi connectivity index (χ3n) is 6.18. The van der Waals surface area contributed by atoms with Gasteiger partial charge in [-0.2, -0.15) is 0 Å². The standard InChI is InChI=1S/C25H30N4O3S/c1-2-3-16-33(31,32)28-14-11-23(12-15-28)29(19-22-10-6-7-13-26-22)25(30)24-17-20-8-4-5-9-21(20)18-27-24/h4-10,13,17-18,23H,2-3,11-12,14-16,19H2,1H3. The van der Waals surface area contributed by atoms with Gasteiger partial charge in [-0.15, -0.1) is 0 Å². The van der Waals surface area contributed by atoms with Crippen LogP contribution in [0.5, 0.6) is 0 Å².